The minimum atomic E-state index is 0. The first kappa shape index (κ1) is 16.2. The minimum absolute atomic E-state index is 0. The van der Waals surface area contributed by atoms with Gasteiger partial charge in [0, 0.05) is 34.2 Å². The molecule has 0 aliphatic carbocycles. The van der Waals surface area contributed by atoms with Crippen molar-refractivity contribution in [2.24, 2.45) is 0 Å². The molecule has 1 nitrogen and oxygen atoms in total. The minimum Gasteiger partial charge on any atom is -0.411 e. The topological polar surface area (TPSA) is 3.24 Å². The fraction of sp³-hybridized carbons (Fsp3) is 0.889. The van der Waals surface area contributed by atoms with Crippen molar-refractivity contribution in [3.63, 3.8) is 0 Å². The molecule has 0 fully saturated rings. The van der Waals surface area contributed by atoms with Gasteiger partial charge in [0.05, 0.1) is 0 Å². The molecule has 0 aliphatic rings. The summed E-state index contributed by atoms with van der Waals surface area (Å²) < 4.78 is 0.636. The predicted molar refractivity (Wildman–Crippen MR) is 61.4 cm³/mol. The SMILES string of the molecule is CCCCN(CCCC)C(=S)[S-].[Mo]. The van der Waals surface area contributed by atoms with Crippen LogP contribution >= 0.6 is 12.2 Å². The summed E-state index contributed by atoms with van der Waals surface area (Å²) in [6.45, 7) is 6.45. The summed E-state index contributed by atoms with van der Waals surface area (Å²) in [5.41, 5.74) is 0. The van der Waals surface area contributed by atoms with Gasteiger partial charge in [-0.25, -0.2) is 0 Å². The maximum atomic E-state index is 4.98. The standard InChI is InChI=1S/C9H19NS2.Mo/c1-3-5-7-10(9(11)12)8-6-4-2;/h3-8H2,1-2H3,(H,11,12);/p-1. The summed E-state index contributed by atoms with van der Waals surface area (Å²) in [6.07, 6.45) is 4.81. The zero-order chi connectivity index (χ0) is 9.40. The molecule has 0 saturated carbocycles. The zero-order valence-electron chi connectivity index (χ0n) is 8.41. The third-order valence-electron chi connectivity index (χ3n) is 1.82. The molecule has 0 radical (unpaired) electrons. The Hall–Kier alpha value is 0.798. The molecule has 0 unspecified atom stereocenters. The summed E-state index contributed by atoms with van der Waals surface area (Å²) in [5, 5.41) is 0. The third-order valence-corrected chi connectivity index (χ3v) is 2.34. The first-order valence-electron chi connectivity index (χ1n) is 4.68. The van der Waals surface area contributed by atoms with Crippen LogP contribution in [0.25, 0.3) is 0 Å². The fourth-order valence-corrected chi connectivity index (χ4v) is 1.36. The van der Waals surface area contributed by atoms with Crippen LogP contribution in [0.1, 0.15) is 39.5 Å². The van der Waals surface area contributed by atoms with Gasteiger partial charge in [-0.05, 0) is 12.8 Å². The Balaban J connectivity index is 0. The molecule has 13 heavy (non-hydrogen) atoms. The van der Waals surface area contributed by atoms with Gasteiger partial charge in [0.15, 0.2) is 0 Å². The Morgan fingerprint density at radius 3 is 1.77 bits per heavy atom. The number of hydrogen-bond donors (Lipinski definition) is 0. The molecule has 78 valence electrons. The molecule has 0 bridgehead atoms. The van der Waals surface area contributed by atoms with E-state index in [2.05, 4.69) is 18.7 Å². The van der Waals surface area contributed by atoms with E-state index in [1.54, 1.807) is 0 Å². The maximum Gasteiger partial charge on any atom is 0.0162 e. The quantitative estimate of drug-likeness (QED) is 0.422. The number of nitrogens with zero attached hydrogens (tertiary/aromatic N) is 1. The summed E-state index contributed by atoms with van der Waals surface area (Å²) >= 11 is 9.97. The van der Waals surface area contributed by atoms with Crippen LogP contribution in [0, 0.1) is 0 Å². The van der Waals surface area contributed by atoms with Gasteiger partial charge in [0.25, 0.3) is 0 Å². The van der Waals surface area contributed by atoms with E-state index in [0.717, 1.165) is 13.1 Å². The van der Waals surface area contributed by atoms with Crippen LogP contribution in [0.3, 0.4) is 0 Å². The van der Waals surface area contributed by atoms with Crippen molar-refractivity contribution in [1.29, 1.82) is 0 Å². The van der Waals surface area contributed by atoms with E-state index in [1.807, 2.05) is 0 Å². The Morgan fingerprint density at radius 2 is 1.54 bits per heavy atom. The van der Waals surface area contributed by atoms with Crippen LogP contribution in [0.4, 0.5) is 0 Å². The van der Waals surface area contributed by atoms with Crippen molar-refractivity contribution in [2.75, 3.05) is 13.1 Å². The monoisotopic (exact) mass is 302 g/mol. The molecular weight excluding hydrogens is 282 g/mol. The number of unbranched alkanes of at least 4 members (excludes halogenated alkanes) is 2. The number of rotatable bonds is 6. The van der Waals surface area contributed by atoms with Crippen LogP contribution in [-0.4, -0.2) is 22.3 Å². The zero-order valence-corrected chi connectivity index (χ0v) is 12.1. The molecule has 0 aromatic rings. The Labute approximate surface area is 107 Å². The van der Waals surface area contributed by atoms with E-state index in [1.165, 1.54) is 25.7 Å². The van der Waals surface area contributed by atoms with Gasteiger partial charge in [0.1, 0.15) is 0 Å². The first-order valence-corrected chi connectivity index (χ1v) is 5.50. The second kappa shape index (κ2) is 10.9. The molecule has 0 aliphatic heterocycles. The second-order valence-electron chi connectivity index (χ2n) is 2.96. The van der Waals surface area contributed by atoms with Crippen LogP contribution in [0.5, 0.6) is 0 Å². The summed E-state index contributed by atoms with van der Waals surface area (Å²) in [5.74, 6) is 0. The van der Waals surface area contributed by atoms with Gasteiger partial charge in [-0.1, -0.05) is 31.0 Å². The molecule has 0 heterocycles. The number of thiocarbonyl (C=S) groups is 1. The van der Waals surface area contributed by atoms with Gasteiger partial charge in [-0.2, -0.15) is 0 Å². The Bertz CT molecular complexity index is 123. The molecule has 0 atom stereocenters. The fourth-order valence-electron chi connectivity index (χ4n) is 0.992. The van der Waals surface area contributed by atoms with E-state index >= 15 is 0 Å². The molecular formula is C9H18MoNS2-. The van der Waals surface area contributed by atoms with Crippen LogP contribution < -0.4 is 0 Å². The van der Waals surface area contributed by atoms with Gasteiger partial charge in [-0.3, -0.25) is 0 Å². The van der Waals surface area contributed by atoms with Crippen molar-refractivity contribution in [3.8, 4) is 0 Å². The van der Waals surface area contributed by atoms with Gasteiger partial charge in [-0.15, -0.1) is 0 Å². The van der Waals surface area contributed by atoms with Crippen LogP contribution in [0.15, 0.2) is 0 Å². The second-order valence-corrected chi connectivity index (χ2v) is 3.99. The summed E-state index contributed by atoms with van der Waals surface area (Å²) in [7, 11) is 0. The number of hydrogen-bond acceptors (Lipinski definition) is 2. The molecule has 0 rings (SSSR count). The molecule has 4 heteroatoms. The first-order chi connectivity index (χ1) is 5.72. The Kier molecular flexibility index (Phi) is 13.6. The van der Waals surface area contributed by atoms with Gasteiger partial charge >= 0.3 is 0 Å². The maximum absolute atomic E-state index is 4.98. The van der Waals surface area contributed by atoms with E-state index in [-0.39, 0.29) is 21.1 Å². The average Bonchev–Trinajstić information content (AvgIpc) is 2.04. The average molecular weight is 300 g/mol. The largest absolute Gasteiger partial charge is 0.411 e. The van der Waals surface area contributed by atoms with E-state index in [4.69, 9.17) is 24.8 Å². The summed E-state index contributed by atoms with van der Waals surface area (Å²) in [6, 6.07) is 0. The Morgan fingerprint density at radius 1 is 1.15 bits per heavy atom. The van der Waals surface area contributed by atoms with E-state index in [9.17, 15) is 0 Å². The van der Waals surface area contributed by atoms with Crippen molar-refractivity contribution in [1.82, 2.24) is 4.90 Å². The normalized spacial score (nSPS) is 9.08. The van der Waals surface area contributed by atoms with Crippen LogP contribution in [0.2, 0.25) is 0 Å². The summed E-state index contributed by atoms with van der Waals surface area (Å²) in [4.78, 5) is 2.14. The van der Waals surface area contributed by atoms with E-state index < -0.39 is 0 Å². The van der Waals surface area contributed by atoms with Gasteiger partial charge in [0.2, 0.25) is 0 Å². The van der Waals surface area contributed by atoms with Crippen molar-refractivity contribution in [3.05, 3.63) is 0 Å². The van der Waals surface area contributed by atoms with E-state index in [0.29, 0.717) is 4.32 Å². The smallest absolute Gasteiger partial charge is 0.0162 e. The van der Waals surface area contributed by atoms with Crippen LogP contribution in [-0.2, 0) is 33.7 Å². The molecule has 0 N–H and O–H groups in total. The van der Waals surface area contributed by atoms with Crippen molar-refractivity contribution >= 4 is 29.2 Å². The third kappa shape index (κ3) is 9.11. The molecule has 0 aromatic carbocycles. The van der Waals surface area contributed by atoms with Gasteiger partial charge < -0.3 is 29.7 Å². The molecule has 0 spiro atoms. The van der Waals surface area contributed by atoms with Crippen molar-refractivity contribution < 1.29 is 21.1 Å². The molecule has 0 saturated heterocycles. The van der Waals surface area contributed by atoms with Crippen molar-refractivity contribution in [2.45, 2.75) is 39.5 Å². The molecule has 0 aromatic heterocycles. The predicted octanol–water partition coefficient (Wildman–Crippen LogP) is 2.72. The molecule has 0 amide bonds.